The van der Waals surface area contributed by atoms with Crippen molar-refractivity contribution in [2.24, 2.45) is 4.99 Å². The summed E-state index contributed by atoms with van der Waals surface area (Å²) in [4.78, 5) is 9.35. The molecule has 0 saturated carbocycles. The maximum atomic E-state index is 6.21. The number of fused-ring (bicyclic) bond motifs is 5. The fourth-order valence-corrected chi connectivity index (χ4v) is 4.03. The summed E-state index contributed by atoms with van der Waals surface area (Å²) in [5.41, 5.74) is 7.13. The first-order valence-electron chi connectivity index (χ1n) is 9.61. The van der Waals surface area contributed by atoms with E-state index in [1.165, 1.54) is 5.56 Å². The van der Waals surface area contributed by atoms with Gasteiger partial charge in [0.1, 0.15) is 18.1 Å². The van der Waals surface area contributed by atoms with Crippen LogP contribution >= 0.6 is 13.5 Å². The van der Waals surface area contributed by atoms with E-state index in [9.17, 15) is 0 Å². The molecule has 2 aliphatic heterocycles. The monoisotopic (exact) mass is 416 g/mol. The van der Waals surface area contributed by atoms with Crippen molar-refractivity contribution in [1.29, 1.82) is 0 Å². The first-order chi connectivity index (χ1) is 14.3. The van der Waals surface area contributed by atoms with Crippen molar-refractivity contribution in [3.8, 4) is 11.4 Å². The molecule has 0 spiro atoms. The highest BCUT2D eigenvalue weighted by Gasteiger charge is 2.30. The Hall–Kier alpha value is -3.39. The molecule has 0 radical (unpaired) electrons. The van der Waals surface area contributed by atoms with Crippen LogP contribution in [0.4, 0.5) is 0 Å². The van der Waals surface area contributed by atoms with Crippen molar-refractivity contribution in [1.82, 2.24) is 24.5 Å². The van der Waals surface area contributed by atoms with E-state index in [0.29, 0.717) is 18.9 Å². The number of aromatic nitrogens is 5. The third kappa shape index (κ3) is 2.83. The number of aliphatic imine (C=N–C) groups is 1. The second-order valence-electron chi connectivity index (χ2n) is 7.38. The van der Waals surface area contributed by atoms with Crippen LogP contribution in [-0.2, 0) is 11.2 Å². The van der Waals surface area contributed by atoms with E-state index in [0.717, 1.165) is 34.0 Å². The largest absolute Gasteiger partial charge is 0.466 e. The van der Waals surface area contributed by atoms with Crippen molar-refractivity contribution in [3.63, 3.8) is 0 Å². The van der Waals surface area contributed by atoms with Gasteiger partial charge in [-0.15, -0.1) is 5.10 Å². The van der Waals surface area contributed by atoms with Gasteiger partial charge in [-0.2, -0.15) is 13.5 Å². The smallest absolute Gasteiger partial charge is 0.238 e. The Morgan fingerprint density at radius 3 is 2.80 bits per heavy atom. The molecule has 6 rings (SSSR count). The van der Waals surface area contributed by atoms with E-state index in [2.05, 4.69) is 62.1 Å². The van der Waals surface area contributed by atoms with E-state index in [4.69, 9.17) is 4.74 Å². The van der Waals surface area contributed by atoms with Crippen LogP contribution in [0.15, 0.2) is 66.0 Å². The van der Waals surface area contributed by atoms with Crippen molar-refractivity contribution in [2.45, 2.75) is 19.4 Å². The second kappa shape index (κ2) is 7.14. The number of benzene rings is 2. The highest BCUT2D eigenvalue weighted by atomic mass is 32.1. The molecule has 0 fully saturated rings. The van der Waals surface area contributed by atoms with Crippen LogP contribution < -0.4 is 0 Å². The van der Waals surface area contributed by atoms with Gasteiger partial charge in [0.2, 0.25) is 5.90 Å². The number of nitrogens with zero attached hydrogens (tertiary/aromatic N) is 6. The van der Waals surface area contributed by atoms with Crippen LogP contribution in [-0.4, -0.2) is 37.0 Å². The van der Waals surface area contributed by atoms with Gasteiger partial charge in [0.05, 0.1) is 35.5 Å². The van der Waals surface area contributed by atoms with E-state index in [-0.39, 0.29) is 19.6 Å². The zero-order valence-electron chi connectivity index (χ0n) is 16.4. The summed E-state index contributed by atoms with van der Waals surface area (Å²) in [6.07, 6.45) is 4.23. The molecule has 0 N–H and O–H groups in total. The molecule has 30 heavy (non-hydrogen) atoms. The van der Waals surface area contributed by atoms with Crippen molar-refractivity contribution < 1.29 is 4.74 Å². The molecule has 0 bridgehead atoms. The van der Waals surface area contributed by atoms with Crippen molar-refractivity contribution in [2.75, 3.05) is 6.54 Å². The molecule has 4 heterocycles. The van der Waals surface area contributed by atoms with Gasteiger partial charge >= 0.3 is 0 Å². The van der Waals surface area contributed by atoms with Gasteiger partial charge in [-0.05, 0) is 30.2 Å². The minimum absolute atomic E-state index is 0. The van der Waals surface area contributed by atoms with Gasteiger partial charge in [-0.25, -0.2) is 14.7 Å². The minimum atomic E-state index is -0.0727. The Morgan fingerprint density at radius 1 is 1.07 bits per heavy atom. The highest BCUT2D eigenvalue weighted by molar-refractivity contribution is 7.59. The lowest BCUT2D eigenvalue weighted by atomic mass is 10.1. The lowest BCUT2D eigenvalue weighted by molar-refractivity contribution is 0.229. The standard InChI is InChI=1S/C22H18N6O.H2S/c1-14-7-8-17-18(9-14)28-16(11-25-26-28)10-19-21(24-13-27(17)19)22-23-12-20(29-22)15-5-3-2-4-6-15;/h2-9,11,13,20H,10,12H2,1H3;1H2/t20-;/m1./s1. The summed E-state index contributed by atoms with van der Waals surface area (Å²) < 4.78 is 10.2. The number of aryl methyl sites for hydroxylation is 1. The summed E-state index contributed by atoms with van der Waals surface area (Å²) >= 11 is 0. The fraction of sp³-hybridized carbons (Fsp3) is 0.182. The molecule has 0 saturated heterocycles. The number of rotatable bonds is 2. The minimum Gasteiger partial charge on any atom is -0.466 e. The molecule has 4 aromatic rings. The van der Waals surface area contributed by atoms with Gasteiger partial charge in [-0.1, -0.05) is 41.6 Å². The molecule has 8 heteroatoms. The molecule has 2 aromatic carbocycles. The van der Waals surface area contributed by atoms with E-state index in [1.54, 1.807) is 0 Å². The number of imidazole rings is 1. The van der Waals surface area contributed by atoms with Crippen LogP contribution in [0.1, 0.15) is 34.3 Å². The van der Waals surface area contributed by atoms with E-state index >= 15 is 0 Å². The van der Waals surface area contributed by atoms with Crippen molar-refractivity contribution >= 4 is 19.4 Å². The quantitative estimate of drug-likeness (QED) is 0.443. The Balaban J connectivity index is 0.00000193. The number of hydrogen-bond donors (Lipinski definition) is 0. The SMILES string of the molecule is Cc1ccc2c(c1)-n1nncc1Cc1c(C3=NC[C@H](c4ccccc4)O3)ncn1-2.S. The predicted molar refractivity (Wildman–Crippen MR) is 118 cm³/mol. The van der Waals surface area contributed by atoms with Crippen LogP contribution in [0.5, 0.6) is 0 Å². The Bertz CT molecular complexity index is 1260. The summed E-state index contributed by atoms with van der Waals surface area (Å²) in [7, 11) is 0. The molecule has 2 aliphatic rings. The zero-order chi connectivity index (χ0) is 19.4. The predicted octanol–water partition coefficient (Wildman–Crippen LogP) is 3.30. The third-order valence-electron chi connectivity index (χ3n) is 5.48. The Morgan fingerprint density at radius 2 is 1.93 bits per heavy atom. The van der Waals surface area contributed by atoms with Crippen molar-refractivity contribution in [3.05, 3.63) is 89.3 Å². The average Bonchev–Trinajstić information content (AvgIpc) is 3.48. The normalized spacial score (nSPS) is 16.4. The average molecular weight is 417 g/mol. The summed E-state index contributed by atoms with van der Waals surface area (Å²) in [5.74, 6) is 0.599. The molecule has 1 atom stereocenters. The first kappa shape index (κ1) is 18.6. The summed E-state index contributed by atoms with van der Waals surface area (Å²) in [6.45, 7) is 2.67. The lowest BCUT2D eigenvalue weighted by Gasteiger charge is -2.12. The fourth-order valence-electron chi connectivity index (χ4n) is 4.03. The molecule has 2 aromatic heterocycles. The van der Waals surface area contributed by atoms with Gasteiger partial charge < -0.3 is 4.74 Å². The summed E-state index contributed by atoms with van der Waals surface area (Å²) in [6, 6.07) is 16.5. The van der Waals surface area contributed by atoms with Crippen LogP contribution in [0.3, 0.4) is 0 Å². The Labute approximate surface area is 180 Å². The van der Waals surface area contributed by atoms with Crippen LogP contribution in [0, 0.1) is 6.92 Å². The maximum absolute atomic E-state index is 6.21. The third-order valence-corrected chi connectivity index (χ3v) is 5.48. The van der Waals surface area contributed by atoms with Gasteiger partial charge in [-0.3, -0.25) is 4.57 Å². The second-order valence-corrected chi connectivity index (χ2v) is 7.38. The topological polar surface area (TPSA) is 70.1 Å². The lowest BCUT2D eigenvalue weighted by Crippen LogP contribution is -2.10. The van der Waals surface area contributed by atoms with E-state index in [1.807, 2.05) is 35.4 Å². The molecule has 7 nitrogen and oxygen atoms in total. The number of hydrogen-bond acceptors (Lipinski definition) is 5. The zero-order valence-corrected chi connectivity index (χ0v) is 17.4. The van der Waals surface area contributed by atoms with Gasteiger partial charge in [0, 0.05) is 6.42 Å². The molecular weight excluding hydrogens is 396 g/mol. The summed E-state index contributed by atoms with van der Waals surface area (Å²) in [5, 5.41) is 8.44. The van der Waals surface area contributed by atoms with Crippen LogP contribution in [0.2, 0.25) is 0 Å². The molecule has 150 valence electrons. The highest BCUT2D eigenvalue weighted by Crippen LogP contribution is 2.32. The molecule has 0 aliphatic carbocycles. The first-order valence-corrected chi connectivity index (χ1v) is 9.61. The van der Waals surface area contributed by atoms with Gasteiger partial charge in [0.25, 0.3) is 0 Å². The van der Waals surface area contributed by atoms with Gasteiger partial charge in [0.15, 0.2) is 0 Å². The molecule has 0 amide bonds. The van der Waals surface area contributed by atoms with Crippen LogP contribution in [0.25, 0.3) is 11.4 Å². The van der Waals surface area contributed by atoms with E-state index < -0.39 is 0 Å². The Kier molecular flexibility index (Phi) is 4.43. The maximum Gasteiger partial charge on any atom is 0.238 e. The number of ether oxygens (including phenoxy) is 1. The molecule has 0 unspecified atom stereocenters. The molecular formula is C22H20N6OS.